The van der Waals surface area contributed by atoms with Crippen molar-refractivity contribution in [1.82, 2.24) is 9.80 Å². The number of hydrogen-bond acceptors (Lipinski definition) is 4. The van der Waals surface area contributed by atoms with Crippen LogP contribution in [0, 0.1) is 5.41 Å². The van der Waals surface area contributed by atoms with Gasteiger partial charge in [0, 0.05) is 13.1 Å². The number of hydrogen-bond donors (Lipinski definition) is 0. The number of rotatable bonds is 6. The van der Waals surface area contributed by atoms with E-state index in [0.717, 1.165) is 6.54 Å². The van der Waals surface area contributed by atoms with Gasteiger partial charge in [-0.2, -0.15) is 0 Å². The molecule has 0 spiro atoms. The maximum atomic E-state index is 12.4. The first-order valence-corrected chi connectivity index (χ1v) is 8.93. The third-order valence-corrected chi connectivity index (χ3v) is 4.94. The van der Waals surface area contributed by atoms with Gasteiger partial charge in [-0.05, 0) is 37.2 Å². The van der Waals surface area contributed by atoms with E-state index < -0.39 is 6.36 Å². The van der Waals surface area contributed by atoms with Crippen LogP contribution in [0.25, 0.3) is 0 Å². The Morgan fingerprint density at radius 3 is 2.60 bits per heavy atom. The predicted octanol–water partition coefficient (Wildman–Crippen LogP) is 3.75. The molecular formula is C17H23F3N2O2S. The van der Waals surface area contributed by atoms with E-state index in [9.17, 15) is 18.0 Å². The average Bonchev–Trinajstić information content (AvgIpc) is 2.76. The largest absolute Gasteiger partial charge is 0.573 e. The molecule has 0 saturated carbocycles. The van der Waals surface area contributed by atoms with Gasteiger partial charge in [-0.15, -0.1) is 24.9 Å². The third kappa shape index (κ3) is 5.81. The fraction of sp³-hybridized carbons (Fsp3) is 0.588. The van der Waals surface area contributed by atoms with Gasteiger partial charge in [-0.3, -0.25) is 4.79 Å². The topological polar surface area (TPSA) is 32.8 Å². The number of alkyl halides is 3. The highest BCUT2D eigenvalue weighted by atomic mass is 32.2. The highest BCUT2D eigenvalue weighted by Gasteiger charge is 2.37. The zero-order chi connectivity index (χ0) is 18.8. The van der Waals surface area contributed by atoms with Crippen molar-refractivity contribution in [1.29, 1.82) is 0 Å². The zero-order valence-electron chi connectivity index (χ0n) is 14.8. The van der Waals surface area contributed by atoms with E-state index in [1.165, 1.54) is 30.0 Å². The second-order valence-electron chi connectivity index (χ2n) is 7.21. The van der Waals surface area contributed by atoms with E-state index >= 15 is 0 Å². The lowest BCUT2D eigenvalue weighted by atomic mass is 9.92. The van der Waals surface area contributed by atoms with Crippen LogP contribution in [-0.2, 0) is 4.79 Å². The fourth-order valence-corrected chi connectivity index (χ4v) is 4.31. The first-order valence-electron chi connectivity index (χ1n) is 7.88. The number of benzene rings is 1. The van der Waals surface area contributed by atoms with Crippen LogP contribution in [0.3, 0.4) is 0 Å². The molecule has 1 fully saturated rings. The van der Waals surface area contributed by atoms with Crippen molar-refractivity contribution in [2.45, 2.75) is 25.6 Å². The number of nitrogens with zero attached hydrogens (tertiary/aromatic N) is 2. The molecule has 1 aliphatic rings. The van der Waals surface area contributed by atoms with E-state index in [2.05, 4.69) is 23.5 Å². The van der Waals surface area contributed by atoms with Gasteiger partial charge in [0.2, 0.25) is 5.91 Å². The van der Waals surface area contributed by atoms with Gasteiger partial charge in [0.1, 0.15) is 11.1 Å². The van der Waals surface area contributed by atoms with Gasteiger partial charge in [-0.25, -0.2) is 0 Å². The normalized spacial score (nSPS) is 19.0. The summed E-state index contributed by atoms with van der Waals surface area (Å²) < 4.78 is 41.3. The zero-order valence-corrected chi connectivity index (χ0v) is 15.6. The number of amides is 1. The Bertz CT molecular complexity index is 620. The number of carbonyl (C=O) groups is 1. The Morgan fingerprint density at radius 2 is 2.00 bits per heavy atom. The van der Waals surface area contributed by atoms with Crippen LogP contribution >= 0.6 is 11.8 Å². The van der Waals surface area contributed by atoms with Crippen LogP contribution < -0.4 is 4.74 Å². The molecule has 1 aliphatic heterocycles. The Morgan fingerprint density at radius 1 is 1.32 bits per heavy atom. The first-order chi connectivity index (χ1) is 11.5. The first kappa shape index (κ1) is 19.9. The van der Waals surface area contributed by atoms with Crippen LogP contribution in [0.5, 0.6) is 5.75 Å². The summed E-state index contributed by atoms with van der Waals surface area (Å²) in [5, 5.41) is -0.300. The lowest BCUT2D eigenvalue weighted by Crippen LogP contribution is -2.41. The monoisotopic (exact) mass is 376 g/mol. The van der Waals surface area contributed by atoms with Crippen molar-refractivity contribution < 1.29 is 22.7 Å². The summed E-state index contributed by atoms with van der Waals surface area (Å²) >= 11 is 1.42. The Balaban J connectivity index is 2.20. The minimum Gasteiger partial charge on any atom is -0.406 e. The standard InChI is InChI=1S/C17H23F3N2O2S/c1-16(2,10-21(3)4)11-22-14(23)9-25-15(22)12-6-5-7-13(8-12)24-17(18,19)20/h5-8,15H,9-11H2,1-4H3. The summed E-state index contributed by atoms with van der Waals surface area (Å²) in [4.78, 5) is 16.1. The fourth-order valence-electron chi connectivity index (χ4n) is 3.13. The molecule has 8 heteroatoms. The quantitative estimate of drug-likeness (QED) is 0.757. The number of carbonyl (C=O) groups excluding carboxylic acids is 1. The number of thioether (sulfide) groups is 1. The van der Waals surface area contributed by atoms with E-state index in [0.29, 0.717) is 17.9 Å². The summed E-state index contributed by atoms with van der Waals surface area (Å²) in [5.74, 6) is 0.0639. The number of halogens is 3. The van der Waals surface area contributed by atoms with Crippen LogP contribution in [-0.4, -0.2) is 55.0 Å². The smallest absolute Gasteiger partial charge is 0.406 e. The molecule has 0 radical (unpaired) electrons. The van der Waals surface area contributed by atoms with Crippen molar-refractivity contribution >= 4 is 17.7 Å². The summed E-state index contributed by atoms with van der Waals surface area (Å²) in [6, 6.07) is 5.86. The molecule has 1 heterocycles. The molecule has 4 nitrogen and oxygen atoms in total. The third-order valence-electron chi connectivity index (χ3n) is 3.69. The van der Waals surface area contributed by atoms with Gasteiger partial charge in [0.15, 0.2) is 0 Å². The summed E-state index contributed by atoms with van der Waals surface area (Å²) in [7, 11) is 3.94. The van der Waals surface area contributed by atoms with Crippen molar-refractivity contribution in [2.24, 2.45) is 5.41 Å². The van der Waals surface area contributed by atoms with Crippen molar-refractivity contribution in [3.8, 4) is 5.75 Å². The molecule has 1 amide bonds. The minimum absolute atomic E-state index is 0.00368. The molecule has 0 N–H and O–H groups in total. The molecule has 0 aromatic heterocycles. The van der Waals surface area contributed by atoms with E-state index in [4.69, 9.17) is 0 Å². The van der Waals surface area contributed by atoms with Crippen LogP contribution in [0.1, 0.15) is 24.8 Å². The molecule has 0 bridgehead atoms. The average molecular weight is 376 g/mol. The maximum Gasteiger partial charge on any atom is 0.573 e. The van der Waals surface area contributed by atoms with E-state index in [1.807, 2.05) is 14.1 Å². The van der Waals surface area contributed by atoms with E-state index in [-0.39, 0.29) is 22.4 Å². The lowest BCUT2D eigenvalue weighted by Gasteiger charge is -2.35. The highest BCUT2D eigenvalue weighted by Crippen LogP contribution is 2.41. The molecule has 0 aliphatic carbocycles. The van der Waals surface area contributed by atoms with Crippen molar-refractivity contribution in [3.05, 3.63) is 29.8 Å². The van der Waals surface area contributed by atoms with Crippen molar-refractivity contribution in [3.63, 3.8) is 0 Å². The molecule has 2 rings (SSSR count). The number of ether oxygens (including phenoxy) is 1. The Labute approximate surface area is 150 Å². The van der Waals surface area contributed by atoms with Gasteiger partial charge in [0.05, 0.1) is 5.75 Å². The van der Waals surface area contributed by atoms with Gasteiger partial charge >= 0.3 is 6.36 Å². The van der Waals surface area contributed by atoms with Gasteiger partial charge in [0.25, 0.3) is 0 Å². The Hall–Kier alpha value is -1.41. The molecule has 1 saturated heterocycles. The Kier molecular flexibility index (Phi) is 5.93. The summed E-state index contributed by atoms with van der Waals surface area (Å²) in [6.07, 6.45) is -4.73. The molecule has 25 heavy (non-hydrogen) atoms. The van der Waals surface area contributed by atoms with Crippen LogP contribution in [0.4, 0.5) is 13.2 Å². The SMILES string of the molecule is CN(C)CC(C)(C)CN1C(=O)CSC1c1cccc(OC(F)(F)F)c1. The summed E-state index contributed by atoms with van der Waals surface area (Å²) in [6.45, 7) is 5.48. The second-order valence-corrected chi connectivity index (χ2v) is 8.28. The molecule has 1 unspecified atom stereocenters. The van der Waals surface area contributed by atoms with Crippen LogP contribution in [0.15, 0.2) is 24.3 Å². The molecule has 1 aromatic carbocycles. The maximum absolute atomic E-state index is 12.4. The molecular weight excluding hydrogens is 353 g/mol. The highest BCUT2D eigenvalue weighted by molar-refractivity contribution is 8.00. The van der Waals surface area contributed by atoms with E-state index in [1.54, 1.807) is 11.0 Å². The van der Waals surface area contributed by atoms with Crippen molar-refractivity contribution in [2.75, 3.05) is 32.9 Å². The predicted molar refractivity (Wildman–Crippen MR) is 92.4 cm³/mol. The minimum atomic E-state index is -4.73. The van der Waals surface area contributed by atoms with Crippen LogP contribution in [0.2, 0.25) is 0 Å². The molecule has 1 aromatic rings. The lowest BCUT2D eigenvalue weighted by molar-refractivity contribution is -0.274. The summed E-state index contributed by atoms with van der Waals surface area (Å²) in [5.41, 5.74) is 0.501. The van der Waals surface area contributed by atoms with Gasteiger partial charge < -0.3 is 14.5 Å². The molecule has 140 valence electrons. The second kappa shape index (κ2) is 7.45. The van der Waals surface area contributed by atoms with Gasteiger partial charge in [-0.1, -0.05) is 26.0 Å². The molecule has 1 atom stereocenters.